The van der Waals surface area contributed by atoms with Crippen LogP contribution in [0.5, 0.6) is 5.75 Å². The zero-order valence-corrected chi connectivity index (χ0v) is 6.61. The second kappa shape index (κ2) is 3.26. The van der Waals surface area contributed by atoms with Gasteiger partial charge in [-0.25, -0.2) is 0 Å². The van der Waals surface area contributed by atoms with Crippen LogP contribution in [-0.2, 0) is 4.79 Å². The van der Waals surface area contributed by atoms with Crippen molar-refractivity contribution >= 4 is 5.97 Å². The van der Waals surface area contributed by atoms with E-state index in [1.807, 2.05) is 0 Å². The van der Waals surface area contributed by atoms with Crippen molar-refractivity contribution < 1.29 is 16.4 Å². The molecule has 0 bridgehead atoms. The van der Waals surface area contributed by atoms with Crippen molar-refractivity contribution in [2.45, 2.75) is 12.8 Å². The van der Waals surface area contributed by atoms with Crippen molar-refractivity contribution in [3.63, 3.8) is 0 Å². The monoisotopic (exact) mass is 167 g/mol. The lowest BCUT2D eigenvalue weighted by Gasteiger charge is -2.05. The molecule has 0 aliphatic heterocycles. The number of aliphatic carboxylic acids is 1. The Morgan fingerprint density at radius 2 is 2.00 bits per heavy atom. The third-order valence-corrected chi connectivity index (χ3v) is 1.62. The molecule has 12 heavy (non-hydrogen) atoms. The van der Waals surface area contributed by atoms with Crippen LogP contribution in [0.1, 0.15) is 19.8 Å². The number of phenolic OH excluding ortho intramolecular Hbond substituents is 1. The van der Waals surface area contributed by atoms with E-state index in [-0.39, 0.29) is 5.75 Å². The molecule has 0 saturated carbocycles. The number of carboxylic acid groups (broad SMARTS) is 1. The van der Waals surface area contributed by atoms with Gasteiger partial charge in [-0.05, 0) is 24.6 Å². The topological polar surface area (TPSA) is 57.5 Å². The summed E-state index contributed by atoms with van der Waals surface area (Å²) in [6.07, 6.45) is 0. The maximum atomic E-state index is 10.7. The first-order valence-electron chi connectivity index (χ1n) is 3.97. The van der Waals surface area contributed by atoms with E-state index in [4.69, 9.17) is 11.6 Å². The second-order valence-corrected chi connectivity index (χ2v) is 2.48. The van der Waals surface area contributed by atoms with Crippen LogP contribution in [0.2, 0.25) is 0 Å². The van der Waals surface area contributed by atoms with Crippen molar-refractivity contribution in [1.29, 1.82) is 0 Å². The molecule has 1 aromatic rings. The number of hydrogen-bond acceptors (Lipinski definition) is 2. The van der Waals surface area contributed by atoms with Gasteiger partial charge in [-0.2, -0.15) is 0 Å². The molecule has 0 saturated heterocycles. The minimum Gasteiger partial charge on any atom is -0.508 e. The molecule has 0 radical (unpaired) electrons. The third kappa shape index (κ3) is 1.75. The van der Waals surface area contributed by atoms with E-state index in [0.717, 1.165) is 0 Å². The molecule has 3 heteroatoms. The molecule has 3 nitrogen and oxygen atoms in total. The highest BCUT2D eigenvalue weighted by Gasteiger charge is 2.12. The van der Waals surface area contributed by atoms with Gasteiger partial charge in [0.2, 0.25) is 0 Å². The predicted octanol–water partition coefficient (Wildman–Crippen LogP) is 1.58. The summed E-state index contributed by atoms with van der Waals surface area (Å²) >= 11 is 0. The van der Waals surface area contributed by atoms with Crippen LogP contribution in [0, 0.1) is 0 Å². The number of rotatable bonds is 2. The highest BCUT2D eigenvalue weighted by molar-refractivity contribution is 5.75. The fourth-order valence-corrected chi connectivity index (χ4v) is 0.835. The fraction of sp³-hybridized carbons (Fsp3) is 0.222. The normalized spacial score (nSPS) is 16.2. The van der Waals surface area contributed by atoms with Gasteiger partial charge < -0.3 is 10.2 Å². The van der Waals surface area contributed by atoms with Crippen molar-refractivity contribution in [3.05, 3.63) is 29.8 Å². The molecule has 0 aromatic heterocycles. The molecule has 0 fully saturated rings. The van der Waals surface area contributed by atoms with Gasteiger partial charge in [-0.3, -0.25) is 4.79 Å². The number of hydrogen-bond donors (Lipinski definition) is 2. The molecule has 64 valence electrons. The molecule has 0 spiro atoms. The molecule has 1 rings (SSSR count). The number of carbonyl (C=O) groups is 1. The lowest BCUT2D eigenvalue weighted by Crippen LogP contribution is -2.06. The highest BCUT2D eigenvalue weighted by atomic mass is 16.4. The van der Waals surface area contributed by atoms with Gasteiger partial charge in [-0.1, -0.05) is 12.1 Å². The average Bonchev–Trinajstić information content (AvgIpc) is 2.04. The number of benzene rings is 1. The Balaban J connectivity index is 3.08. The maximum absolute atomic E-state index is 10.7. The Hall–Kier alpha value is -1.51. The van der Waals surface area contributed by atoms with Gasteiger partial charge in [0.25, 0.3) is 0 Å². The van der Waals surface area contributed by atoms with E-state index in [1.54, 1.807) is 0 Å². The summed E-state index contributed by atoms with van der Waals surface area (Å²) in [7, 11) is 0. The van der Waals surface area contributed by atoms with Crippen LogP contribution >= 0.6 is 0 Å². The van der Waals surface area contributed by atoms with Gasteiger partial charge in [-0.15, -0.1) is 0 Å². The minimum atomic E-state index is -1.66. The molecule has 1 atom stereocenters. The molecule has 0 heterocycles. The summed E-state index contributed by atoms with van der Waals surface area (Å²) in [5, 5.41) is 17.7. The number of aromatic hydroxyl groups is 1. The molecule has 1 unspecified atom stereocenters. The van der Waals surface area contributed by atoms with E-state index in [0.29, 0.717) is 5.56 Å². The van der Waals surface area contributed by atoms with Crippen molar-refractivity contribution in [3.8, 4) is 5.75 Å². The smallest absolute Gasteiger partial charge is 0.310 e. The molecular weight excluding hydrogens is 156 g/mol. The average molecular weight is 167 g/mol. The summed E-state index contributed by atoms with van der Waals surface area (Å²) in [5.41, 5.74) is 0.345. The number of phenols is 1. The summed E-state index contributed by atoms with van der Waals surface area (Å²) in [6, 6.07) is 5.59. The molecule has 2 N–H and O–H groups in total. The fourth-order valence-electron chi connectivity index (χ4n) is 0.835. The van der Waals surface area contributed by atoms with Crippen LogP contribution in [0.3, 0.4) is 0 Å². The first kappa shape index (κ1) is 7.16. The van der Waals surface area contributed by atoms with Gasteiger partial charge in [0.05, 0.1) is 5.89 Å². The van der Waals surface area contributed by atoms with Crippen LogP contribution in [0.15, 0.2) is 24.3 Å². The van der Waals surface area contributed by atoms with Crippen LogP contribution in [-0.4, -0.2) is 16.2 Å². The number of carboxylic acids is 1. The quantitative estimate of drug-likeness (QED) is 0.703. The Morgan fingerprint density at radius 3 is 2.42 bits per heavy atom. The maximum Gasteiger partial charge on any atom is 0.310 e. The van der Waals surface area contributed by atoms with Crippen LogP contribution < -0.4 is 0 Å². The zero-order chi connectivity index (χ0) is 10.1. The summed E-state index contributed by atoms with van der Waals surface area (Å²) in [4.78, 5) is 10.7. The van der Waals surface area contributed by atoms with Crippen LogP contribution in [0.4, 0.5) is 0 Å². The molecule has 0 amide bonds. The third-order valence-electron chi connectivity index (χ3n) is 1.62. The summed E-state index contributed by atoms with van der Waals surface area (Å²) in [5.74, 6) is -2.81. The van der Waals surface area contributed by atoms with Crippen molar-refractivity contribution in [1.82, 2.24) is 0 Å². The van der Waals surface area contributed by atoms with Crippen molar-refractivity contribution in [2.24, 2.45) is 0 Å². The van der Waals surface area contributed by atoms with E-state index in [2.05, 4.69) is 0 Å². The van der Waals surface area contributed by atoms with Gasteiger partial charge in [0, 0.05) is 1.37 Å². The zero-order valence-electron chi connectivity index (χ0n) is 7.61. The Morgan fingerprint density at radius 1 is 1.50 bits per heavy atom. The molecule has 0 aliphatic rings. The largest absolute Gasteiger partial charge is 0.508 e. The lowest BCUT2D eigenvalue weighted by molar-refractivity contribution is -0.138. The predicted molar refractivity (Wildman–Crippen MR) is 44.2 cm³/mol. The van der Waals surface area contributed by atoms with Gasteiger partial charge >= 0.3 is 5.97 Å². The van der Waals surface area contributed by atoms with E-state index < -0.39 is 11.9 Å². The minimum absolute atomic E-state index is 0.0601. The Labute approximate surface area is 71.7 Å². The second-order valence-electron chi connectivity index (χ2n) is 2.48. The molecule has 0 aliphatic carbocycles. The van der Waals surface area contributed by atoms with Gasteiger partial charge in [0.1, 0.15) is 5.75 Å². The highest BCUT2D eigenvalue weighted by Crippen LogP contribution is 2.18. The SMILES string of the molecule is [2H]C(C)(C(=O)O)c1ccc(O)cc1. The van der Waals surface area contributed by atoms with Crippen LogP contribution in [0.25, 0.3) is 0 Å². The summed E-state index contributed by atoms with van der Waals surface area (Å²) < 4.78 is 7.51. The van der Waals surface area contributed by atoms with E-state index in [1.165, 1.54) is 31.2 Å². The Bertz CT molecular complexity index is 316. The molecular formula is C9H10O3. The molecule has 1 aromatic carbocycles. The first-order chi connectivity index (χ1) is 5.94. The Kier molecular flexibility index (Phi) is 1.94. The van der Waals surface area contributed by atoms with E-state index in [9.17, 15) is 4.79 Å². The first-order valence-corrected chi connectivity index (χ1v) is 3.47. The lowest BCUT2D eigenvalue weighted by atomic mass is 10.0. The van der Waals surface area contributed by atoms with Crippen molar-refractivity contribution in [2.75, 3.05) is 0 Å². The standard InChI is InChI=1S/C9H10O3/c1-6(9(11)12)7-2-4-8(10)5-3-7/h2-6,10H,1H3,(H,11,12)/i6D. The van der Waals surface area contributed by atoms with E-state index >= 15 is 0 Å². The summed E-state index contributed by atoms with van der Waals surface area (Å²) in [6.45, 7) is 1.29. The van der Waals surface area contributed by atoms with Gasteiger partial charge in [0.15, 0.2) is 0 Å².